The van der Waals surface area contributed by atoms with Crippen LogP contribution in [-0.2, 0) is 20.8 Å². The Morgan fingerprint density at radius 3 is 2.64 bits per heavy atom. The Bertz CT molecular complexity index is 830. The van der Waals surface area contributed by atoms with E-state index in [-0.39, 0.29) is 28.6 Å². The van der Waals surface area contributed by atoms with E-state index in [1.54, 1.807) is 0 Å². The van der Waals surface area contributed by atoms with Gasteiger partial charge in [-0.1, -0.05) is 17.3 Å². The molecule has 1 heterocycles. The molecule has 0 radical (unpaired) electrons. The summed E-state index contributed by atoms with van der Waals surface area (Å²) in [6.07, 6.45) is -0.00907. The average molecular weight is 364 g/mol. The van der Waals surface area contributed by atoms with E-state index in [9.17, 15) is 19.7 Å². The SMILES string of the molecule is CON=C(C(=O)O)c1csc(NC(=O)Cc2ccc([N+](=O)[O-])cc2)n1. The van der Waals surface area contributed by atoms with Crippen molar-refractivity contribution in [3.63, 3.8) is 0 Å². The zero-order chi connectivity index (χ0) is 18.4. The summed E-state index contributed by atoms with van der Waals surface area (Å²) in [5, 5.41) is 27.1. The van der Waals surface area contributed by atoms with Crippen LogP contribution in [0.15, 0.2) is 34.8 Å². The number of thiazole rings is 1. The van der Waals surface area contributed by atoms with Gasteiger partial charge in [-0.25, -0.2) is 9.78 Å². The Balaban J connectivity index is 2.02. The van der Waals surface area contributed by atoms with Gasteiger partial charge in [0, 0.05) is 17.5 Å². The molecule has 0 bridgehead atoms. The quantitative estimate of drug-likeness (QED) is 0.432. The highest BCUT2D eigenvalue weighted by atomic mass is 32.1. The molecule has 0 saturated carbocycles. The number of carbonyl (C=O) groups is 2. The summed E-state index contributed by atoms with van der Waals surface area (Å²) in [5.74, 6) is -1.70. The number of nitrogens with zero attached hydrogens (tertiary/aromatic N) is 3. The smallest absolute Gasteiger partial charge is 0.360 e. The number of non-ortho nitro benzene ring substituents is 1. The first-order valence-corrected chi connectivity index (χ1v) is 7.62. The predicted octanol–water partition coefficient (Wildman–Crippen LogP) is 1.67. The molecule has 1 aromatic heterocycles. The van der Waals surface area contributed by atoms with Crippen molar-refractivity contribution < 1.29 is 24.5 Å². The fourth-order valence-corrected chi connectivity index (χ4v) is 2.52. The normalized spacial score (nSPS) is 11.0. The van der Waals surface area contributed by atoms with Gasteiger partial charge in [0.15, 0.2) is 5.13 Å². The molecule has 10 nitrogen and oxygen atoms in total. The lowest BCUT2D eigenvalue weighted by atomic mass is 10.1. The van der Waals surface area contributed by atoms with Crippen LogP contribution in [0, 0.1) is 10.1 Å². The average Bonchev–Trinajstić information content (AvgIpc) is 3.00. The number of carboxylic acid groups (broad SMARTS) is 1. The molecule has 2 aromatic rings. The van der Waals surface area contributed by atoms with Crippen molar-refractivity contribution in [3.8, 4) is 0 Å². The number of nitro groups is 1. The summed E-state index contributed by atoms with van der Waals surface area (Å²) >= 11 is 1.03. The van der Waals surface area contributed by atoms with E-state index in [4.69, 9.17) is 5.11 Å². The lowest BCUT2D eigenvalue weighted by Gasteiger charge is -2.02. The standard InChI is InChI=1S/C14H12N4O6S/c1-24-17-12(13(20)21)10-7-25-14(15-10)16-11(19)6-8-2-4-9(5-3-8)18(22)23/h2-5,7H,6H2,1H3,(H,20,21)(H,15,16,19). The number of hydrogen-bond acceptors (Lipinski definition) is 8. The maximum absolute atomic E-state index is 12.0. The Kier molecular flexibility index (Phi) is 5.74. The molecule has 0 aliphatic carbocycles. The van der Waals surface area contributed by atoms with Crippen LogP contribution in [0.2, 0.25) is 0 Å². The molecule has 0 atom stereocenters. The number of nitro benzene ring substituents is 1. The number of aromatic nitrogens is 1. The van der Waals surface area contributed by atoms with Crippen LogP contribution >= 0.6 is 11.3 Å². The molecule has 2 N–H and O–H groups in total. The van der Waals surface area contributed by atoms with Crippen molar-refractivity contribution in [2.45, 2.75) is 6.42 Å². The van der Waals surface area contributed by atoms with Gasteiger partial charge in [-0.2, -0.15) is 0 Å². The molecular weight excluding hydrogens is 352 g/mol. The first-order valence-electron chi connectivity index (χ1n) is 6.74. The number of anilines is 1. The highest BCUT2D eigenvalue weighted by Gasteiger charge is 2.18. The number of carbonyl (C=O) groups excluding carboxylic acids is 1. The molecule has 25 heavy (non-hydrogen) atoms. The van der Waals surface area contributed by atoms with E-state index in [1.165, 1.54) is 36.8 Å². The second-order valence-electron chi connectivity index (χ2n) is 4.61. The van der Waals surface area contributed by atoms with Crippen molar-refractivity contribution in [1.82, 2.24) is 4.98 Å². The number of rotatable bonds is 7. The van der Waals surface area contributed by atoms with Gasteiger partial charge < -0.3 is 15.3 Å². The van der Waals surface area contributed by atoms with E-state index < -0.39 is 16.8 Å². The summed E-state index contributed by atoms with van der Waals surface area (Å²) in [7, 11) is 1.21. The molecule has 0 aliphatic rings. The largest absolute Gasteiger partial charge is 0.476 e. The second-order valence-corrected chi connectivity index (χ2v) is 5.47. The van der Waals surface area contributed by atoms with Crippen molar-refractivity contribution in [2.24, 2.45) is 5.16 Å². The van der Waals surface area contributed by atoms with Gasteiger partial charge in [0.2, 0.25) is 11.6 Å². The fourth-order valence-electron chi connectivity index (χ4n) is 1.81. The fraction of sp³-hybridized carbons (Fsp3) is 0.143. The van der Waals surface area contributed by atoms with Crippen molar-refractivity contribution in [1.29, 1.82) is 0 Å². The summed E-state index contributed by atoms with van der Waals surface area (Å²) < 4.78 is 0. The number of amides is 1. The monoisotopic (exact) mass is 364 g/mol. The molecule has 0 unspecified atom stereocenters. The zero-order valence-electron chi connectivity index (χ0n) is 12.8. The van der Waals surface area contributed by atoms with Gasteiger partial charge >= 0.3 is 5.97 Å². The third-order valence-corrected chi connectivity index (χ3v) is 3.65. The molecule has 0 fully saturated rings. The van der Waals surface area contributed by atoms with Crippen LogP contribution in [0.3, 0.4) is 0 Å². The van der Waals surface area contributed by atoms with E-state index >= 15 is 0 Å². The third kappa shape index (κ3) is 4.81. The lowest BCUT2D eigenvalue weighted by molar-refractivity contribution is -0.384. The Morgan fingerprint density at radius 2 is 2.08 bits per heavy atom. The highest BCUT2D eigenvalue weighted by Crippen LogP contribution is 2.17. The van der Waals surface area contributed by atoms with Crippen molar-refractivity contribution >= 4 is 39.7 Å². The Labute approximate surface area is 144 Å². The number of carboxylic acids is 1. The minimum atomic E-state index is -1.31. The Morgan fingerprint density at radius 1 is 1.40 bits per heavy atom. The molecule has 2 rings (SSSR count). The molecule has 0 aliphatic heterocycles. The number of nitrogens with one attached hydrogen (secondary N) is 1. The van der Waals surface area contributed by atoms with Crippen LogP contribution < -0.4 is 5.32 Å². The van der Waals surface area contributed by atoms with Gasteiger partial charge in [-0.3, -0.25) is 14.9 Å². The number of hydrogen-bond donors (Lipinski definition) is 2. The minimum Gasteiger partial charge on any atom is -0.476 e. The van der Waals surface area contributed by atoms with E-state index in [0.29, 0.717) is 5.56 Å². The van der Waals surface area contributed by atoms with Gasteiger partial charge in [-0.05, 0) is 5.56 Å². The van der Waals surface area contributed by atoms with Crippen molar-refractivity contribution in [3.05, 3.63) is 51.0 Å². The molecule has 11 heteroatoms. The lowest BCUT2D eigenvalue weighted by Crippen LogP contribution is -2.17. The molecule has 1 aromatic carbocycles. The van der Waals surface area contributed by atoms with Crippen molar-refractivity contribution in [2.75, 3.05) is 12.4 Å². The summed E-state index contributed by atoms with van der Waals surface area (Å²) in [4.78, 5) is 41.5. The van der Waals surface area contributed by atoms with Gasteiger partial charge in [0.1, 0.15) is 12.8 Å². The maximum Gasteiger partial charge on any atom is 0.360 e. The van der Waals surface area contributed by atoms with Gasteiger partial charge in [-0.15, -0.1) is 11.3 Å². The van der Waals surface area contributed by atoms with Crippen LogP contribution in [-0.4, -0.2) is 39.7 Å². The van der Waals surface area contributed by atoms with Gasteiger partial charge in [0.05, 0.1) is 11.3 Å². The van der Waals surface area contributed by atoms with Crippen LogP contribution in [0.1, 0.15) is 11.3 Å². The molecule has 130 valence electrons. The summed E-state index contributed by atoms with van der Waals surface area (Å²) in [6.45, 7) is 0. The first-order chi connectivity index (χ1) is 11.9. The number of oxime groups is 1. The van der Waals surface area contributed by atoms with Crippen LogP contribution in [0.5, 0.6) is 0 Å². The second kappa shape index (κ2) is 7.97. The topological polar surface area (TPSA) is 144 Å². The molecular formula is C14H12N4O6S. The van der Waals surface area contributed by atoms with E-state index in [0.717, 1.165) is 11.3 Å². The summed E-state index contributed by atoms with van der Waals surface area (Å²) in [5.41, 5.74) is 0.207. The molecule has 1 amide bonds. The molecule has 0 spiro atoms. The first kappa shape index (κ1) is 18.0. The van der Waals surface area contributed by atoms with E-state index in [2.05, 4.69) is 20.3 Å². The van der Waals surface area contributed by atoms with Crippen LogP contribution in [0.25, 0.3) is 0 Å². The van der Waals surface area contributed by atoms with Crippen LogP contribution in [0.4, 0.5) is 10.8 Å². The number of benzene rings is 1. The minimum absolute atomic E-state index is 0.00907. The van der Waals surface area contributed by atoms with E-state index in [1.807, 2.05) is 0 Å². The third-order valence-electron chi connectivity index (χ3n) is 2.89. The highest BCUT2D eigenvalue weighted by molar-refractivity contribution is 7.14. The molecule has 0 saturated heterocycles. The predicted molar refractivity (Wildman–Crippen MR) is 88.7 cm³/mol. The zero-order valence-corrected chi connectivity index (χ0v) is 13.6. The maximum atomic E-state index is 12.0. The van der Waals surface area contributed by atoms with Gasteiger partial charge in [0.25, 0.3) is 5.69 Å². The Hall–Kier alpha value is -3.34. The summed E-state index contributed by atoms with van der Waals surface area (Å²) in [6, 6.07) is 5.59. The number of aliphatic carboxylic acids is 1.